The largest absolute Gasteiger partial charge is 0.0807 e. The van der Waals surface area contributed by atoms with Gasteiger partial charge in [-0.2, -0.15) is 0 Å². The third kappa shape index (κ3) is 5.34. The number of hydrogen-bond donors (Lipinski definition) is 0. The Balaban J connectivity index is 2.26. The fourth-order valence-electron chi connectivity index (χ4n) is 2.43. The van der Waals surface area contributed by atoms with Gasteiger partial charge in [0.15, 0.2) is 0 Å². The molecule has 0 aromatic carbocycles. The van der Waals surface area contributed by atoms with Crippen molar-refractivity contribution >= 4 is 0 Å². The quantitative estimate of drug-likeness (QED) is 0.569. The molecule has 1 rings (SSSR count). The molecule has 1 aliphatic rings. The van der Waals surface area contributed by atoms with Crippen LogP contribution in [0.1, 0.15) is 52.9 Å². The van der Waals surface area contributed by atoms with E-state index in [0.29, 0.717) is 0 Å². The molecule has 0 saturated heterocycles. The standard InChI is InChI=1S/C16H26/c1-4-8-14(2)13-15(3)11-12-16-9-6-5-7-10-16/h5-7,9,12,14-15H,4,8,10-11,13H2,1-3H3. The highest BCUT2D eigenvalue weighted by atomic mass is 14.1. The highest BCUT2D eigenvalue weighted by Crippen LogP contribution is 2.21. The lowest BCUT2D eigenvalue weighted by atomic mass is 9.91. The molecule has 0 heterocycles. The van der Waals surface area contributed by atoms with Gasteiger partial charge in [0.25, 0.3) is 0 Å². The molecule has 90 valence electrons. The van der Waals surface area contributed by atoms with E-state index in [-0.39, 0.29) is 0 Å². The first kappa shape index (κ1) is 13.3. The summed E-state index contributed by atoms with van der Waals surface area (Å²) in [4.78, 5) is 0. The first-order valence-electron chi connectivity index (χ1n) is 6.74. The summed E-state index contributed by atoms with van der Waals surface area (Å²) in [5.41, 5.74) is 1.48. The van der Waals surface area contributed by atoms with E-state index in [9.17, 15) is 0 Å². The van der Waals surface area contributed by atoms with Gasteiger partial charge in [-0.1, -0.05) is 64.0 Å². The van der Waals surface area contributed by atoms with Gasteiger partial charge in [-0.05, 0) is 36.7 Å². The van der Waals surface area contributed by atoms with Gasteiger partial charge in [0.1, 0.15) is 0 Å². The van der Waals surface area contributed by atoms with Crippen LogP contribution in [0, 0.1) is 11.8 Å². The van der Waals surface area contributed by atoms with Crippen LogP contribution < -0.4 is 0 Å². The average Bonchev–Trinajstić information content (AvgIpc) is 2.28. The van der Waals surface area contributed by atoms with E-state index in [0.717, 1.165) is 18.3 Å². The van der Waals surface area contributed by atoms with Crippen LogP contribution in [-0.4, -0.2) is 0 Å². The molecule has 0 N–H and O–H groups in total. The molecule has 0 radical (unpaired) electrons. The van der Waals surface area contributed by atoms with Crippen molar-refractivity contribution in [1.29, 1.82) is 0 Å². The summed E-state index contributed by atoms with van der Waals surface area (Å²) >= 11 is 0. The summed E-state index contributed by atoms with van der Waals surface area (Å²) < 4.78 is 0. The maximum atomic E-state index is 2.42. The Hall–Kier alpha value is -0.780. The van der Waals surface area contributed by atoms with Crippen molar-refractivity contribution in [2.24, 2.45) is 11.8 Å². The van der Waals surface area contributed by atoms with Crippen LogP contribution >= 0.6 is 0 Å². The summed E-state index contributed by atoms with van der Waals surface area (Å²) in [6.45, 7) is 7.05. The van der Waals surface area contributed by atoms with E-state index in [1.165, 1.54) is 31.3 Å². The van der Waals surface area contributed by atoms with Gasteiger partial charge < -0.3 is 0 Å². The second-order valence-corrected chi connectivity index (χ2v) is 5.24. The molecule has 0 bridgehead atoms. The van der Waals surface area contributed by atoms with Crippen LogP contribution in [0.2, 0.25) is 0 Å². The van der Waals surface area contributed by atoms with Crippen LogP contribution in [0.4, 0.5) is 0 Å². The van der Waals surface area contributed by atoms with Gasteiger partial charge in [0, 0.05) is 0 Å². The summed E-state index contributed by atoms with van der Waals surface area (Å²) in [6, 6.07) is 0. The first-order chi connectivity index (χ1) is 7.72. The smallest absolute Gasteiger partial charge is 0.00975 e. The van der Waals surface area contributed by atoms with E-state index in [1.54, 1.807) is 0 Å². The van der Waals surface area contributed by atoms with Gasteiger partial charge in [-0.3, -0.25) is 0 Å². The lowest BCUT2D eigenvalue weighted by molar-refractivity contribution is 0.394. The minimum absolute atomic E-state index is 0.827. The Labute approximate surface area is 101 Å². The van der Waals surface area contributed by atoms with Crippen molar-refractivity contribution in [3.63, 3.8) is 0 Å². The number of hydrogen-bond acceptors (Lipinski definition) is 0. The fourth-order valence-corrected chi connectivity index (χ4v) is 2.43. The zero-order chi connectivity index (χ0) is 11.8. The number of rotatable bonds is 6. The van der Waals surface area contributed by atoms with Crippen molar-refractivity contribution in [1.82, 2.24) is 0 Å². The molecular formula is C16H26. The molecule has 2 atom stereocenters. The highest BCUT2D eigenvalue weighted by Gasteiger charge is 2.07. The second-order valence-electron chi connectivity index (χ2n) is 5.24. The van der Waals surface area contributed by atoms with E-state index in [1.807, 2.05) is 0 Å². The summed E-state index contributed by atoms with van der Waals surface area (Å²) in [6.07, 6.45) is 17.6. The Bertz CT molecular complexity index is 268. The SMILES string of the molecule is CCCC(C)CC(C)CC=C1C=CC=CC1. The second kappa shape index (κ2) is 7.49. The monoisotopic (exact) mass is 218 g/mol. The van der Waals surface area contributed by atoms with Gasteiger partial charge in [0.2, 0.25) is 0 Å². The third-order valence-electron chi connectivity index (χ3n) is 3.28. The van der Waals surface area contributed by atoms with Gasteiger partial charge in [0.05, 0.1) is 0 Å². The highest BCUT2D eigenvalue weighted by molar-refractivity contribution is 5.29. The molecule has 0 nitrogen and oxygen atoms in total. The summed E-state index contributed by atoms with van der Waals surface area (Å²) in [7, 11) is 0. The summed E-state index contributed by atoms with van der Waals surface area (Å²) in [5.74, 6) is 1.72. The molecule has 16 heavy (non-hydrogen) atoms. The van der Waals surface area contributed by atoms with Crippen LogP contribution in [0.3, 0.4) is 0 Å². The molecular weight excluding hydrogens is 192 g/mol. The Morgan fingerprint density at radius 2 is 2.06 bits per heavy atom. The van der Waals surface area contributed by atoms with E-state index in [4.69, 9.17) is 0 Å². The third-order valence-corrected chi connectivity index (χ3v) is 3.28. The minimum atomic E-state index is 0.827. The van der Waals surface area contributed by atoms with Gasteiger partial charge in [-0.15, -0.1) is 0 Å². The normalized spacial score (nSPS) is 21.3. The molecule has 0 fully saturated rings. The minimum Gasteiger partial charge on any atom is -0.0807 e. The predicted octanol–water partition coefficient (Wildman–Crippen LogP) is 5.28. The van der Waals surface area contributed by atoms with Crippen LogP contribution in [-0.2, 0) is 0 Å². The van der Waals surface area contributed by atoms with Crippen molar-refractivity contribution < 1.29 is 0 Å². The molecule has 0 aliphatic heterocycles. The average molecular weight is 218 g/mol. The maximum Gasteiger partial charge on any atom is -0.00975 e. The van der Waals surface area contributed by atoms with Crippen LogP contribution in [0.15, 0.2) is 36.0 Å². The summed E-state index contributed by atoms with van der Waals surface area (Å²) in [5, 5.41) is 0. The zero-order valence-corrected chi connectivity index (χ0v) is 11.1. The molecule has 0 spiro atoms. The Morgan fingerprint density at radius 3 is 2.69 bits per heavy atom. The van der Waals surface area contributed by atoms with Crippen molar-refractivity contribution in [3.8, 4) is 0 Å². The molecule has 0 amide bonds. The Morgan fingerprint density at radius 1 is 1.25 bits per heavy atom. The molecule has 0 saturated carbocycles. The van der Waals surface area contributed by atoms with E-state index in [2.05, 4.69) is 51.2 Å². The molecule has 0 aromatic rings. The number of allylic oxidation sites excluding steroid dienone is 6. The lowest BCUT2D eigenvalue weighted by Crippen LogP contribution is -2.02. The molecule has 2 unspecified atom stereocenters. The van der Waals surface area contributed by atoms with Crippen molar-refractivity contribution in [2.45, 2.75) is 52.9 Å². The van der Waals surface area contributed by atoms with E-state index >= 15 is 0 Å². The van der Waals surface area contributed by atoms with E-state index < -0.39 is 0 Å². The first-order valence-corrected chi connectivity index (χ1v) is 6.74. The van der Waals surface area contributed by atoms with Crippen molar-refractivity contribution in [3.05, 3.63) is 36.0 Å². The molecule has 0 heteroatoms. The van der Waals surface area contributed by atoms with Gasteiger partial charge in [-0.25, -0.2) is 0 Å². The van der Waals surface area contributed by atoms with Crippen molar-refractivity contribution in [2.75, 3.05) is 0 Å². The topological polar surface area (TPSA) is 0 Å². The predicted molar refractivity (Wildman–Crippen MR) is 73.5 cm³/mol. The Kier molecular flexibility index (Phi) is 6.22. The zero-order valence-electron chi connectivity index (χ0n) is 11.1. The van der Waals surface area contributed by atoms with Gasteiger partial charge >= 0.3 is 0 Å². The fraction of sp³-hybridized carbons (Fsp3) is 0.625. The molecule has 0 aromatic heterocycles. The van der Waals surface area contributed by atoms with Crippen LogP contribution in [0.5, 0.6) is 0 Å². The van der Waals surface area contributed by atoms with Crippen LogP contribution in [0.25, 0.3) is 0 Å². The molecule has 1 aliphatic carbocycles. The lowest BCUT2D eigenvalue weighted by Gasteiger charge is -2.15. The maximum absolute atomic E-state index is 2.42.